The molecule has 0 aliphatic carbocycles. The Kier molecular flexibility index (Phi) is 5.84. The normalized spacial score (nSPS) is 18.0. The third-order valence-electron chi connectivity index (χ3n) is 4.72. The first-order chi connectivity index (χ1) is 10.9. The predicted molar refractivity (Wildman–Crippen MR) is 93.6 cm³/mol. The van der Waals surface area contributed by atoms with E-state index >= 15 is 0 Å². The molecule has 1 amide bonds. The molecule has 0 spiro atoms. The molecule has 0 bridgehead atoms. The van der Waals surface area contributed by atoms with Gasteiger partial charge >= 0.3 is 5.97 Å². The molecule has 0 radical (unpaired) electrons. The summed E-state index contributed by atoms with van der Waals surface area (Å²) >= 11 is 3.53. The zero-order valence-corrected chi connectivity index (χ0v) is 15.8. The van der Waals surface area contributed by atoms with Crippen LogP contribution < -0.4 is 0 Å². The van der Waals surface area contributed by atoms with Crippen molar-refractivity contribution in [3.63, 3.8) is 0 Å². The van der Waals surface area contributed by atoms with Crippen molar-refractivity contribution in [1.29, 1.82) is 0 Å². The van der Waals surface area contributed by atoms with Crippen molar-refractivity contribution >= 4 is 27.8 Å². The van der Waals surface area contributed by atoms with Gasteiger partial charge in [-0.1, -0.05) is 15.9 Å². The van der Waals surface area contributed by atoms with Gasteiger partial charge in [0.15, 0.2) is 0 Å². The van der Waals surface area contributed by atoms with Crippen LogP contribution in [0.3, 0.4) is 0 Å². The largest absolute Gasteiger partial charge is 0.466 e. The molecule has 1 aliphatic heterocycles. The molecule has 1 aromatic carbocycles. The summed E-state index contributed by atoms with van der Waals surface area (Å²) < 4.78 is 6.06. The van der Waals surface area contributed by atoms with Crippen LogP contribution in [-0.2, 0) is 9.53 Å². The number of esters is 1. The number of carbonyl (C=O) groups excluding carboxylic acids is 2. The second kappa shape index (κ2) is 7.47. The van der Waals surface area contributed by atoms with Crippen LogP contribution in [0.5, 0.6) is 0 Å². The maximum atomic E-state index is 12.9. The summed E-state index contributed by atoms with van der Waals surface area (Å²) in [6.45, 7) is 9.38. The standard InChI is InChI=1S/C18H24BrNO3/c1-5-23-18(22)14-7-6-8-20(10-14)17(21)15-9-16(19)13(4)11(2)12(15)3/h9,14H,5-8,10H2,1-4H3. The molecular weight excluding hydrogens is 358 g/mol. The third kappa shape index (κ3) is 3.77. The molecule has 0 saturated carbocycles. The SMILES string of the molecule is CCOC(=O)C1CCCN(C(=O)c2cc(Br)c(C)c(C)c2C)C1. The number of carbonyl (C=O) groups is 2. The summed E-state index contributed by atoms with van der Waals surface area (Å²) in [6.07, 6.45) is 1.62. The van der Waals surface area contributed by atoms with E-state index in [1.807, 2.05) is 26.8 Å². The molecule has 0 aromatic heterocycles. The van der Waals surface area contributed by atoms with Crippen molar-refractivity contribution in [3.05, 3.63) is 32.8 Å². The number of ether oxygens (including phenoxy) is 1. The van der Waals surface area contributed by atoms with Crippen molar-refractivity contribution in [3.8, 4) is 0 Å². The number of benzene rings is 1. The van der Waals surface area contributed by atoms with Crippen LogP contribution in [0, 0.1) is 26.7 Å². The van der Waals surface area contributed by atoms with Gasteiger partial charge in [-0.05, 0) is 63.3 Å². The van der Waals surface area contributed by atoms with Gasteiger partial charge in [-0.3, -0.25) is 9.59 Å². The fourth-order valence-electron chi connectivity index (χ4n) is 3.01. The minimum Gasteiger partial charge on any atom is -0.466 e. The first-order valence-electron chi connectivity index (χ1n) is 8.09. The molecule has 1 unspecified atom stereocenters. The molecule has 1 fully saturated rings. The topological polar surface area (TPSA) is 46.6 Å². The fraction of sp³-hybridized carbons (Fsp3) is 0.556. The van der Waals surface area contributed by atoms with E-state index in [4.69, 9.17) is 4.74 Å². The van der Waals surface area contributed by atoms with Crippen molar-refractivity contribution in [2.24, 2.45) is 5.92 Å². The summed E-state index contributed by atoms with van der Waals surface area (Å²) in [5.74, 6) is -0.397. The first-order valence-corrected chi connectivity index (χ1v) is 8.88. The number of hydrogen-bond donors (Lipinski definition) is 0. The lowest BCUT2D eigenvalue weighted by Crippen LogP contribution is -2.43. The minimum atomic E-state index is -0.206. The maximum Gasteiger partial charge on any atom is 0.310 e. The molecule has 1 aromatic rings. The number of rotatable bonds is 3. The summed E-state index contributed by atoms with van der Waals surface area (Å²) in [5, 5.41) is 0. The van der Waals surface area contributed by atoms with Crippen molar-refractivity contribution < 1.29 is 14.3 Å². The van der Waals surface area contributed by atoms with Gasteiger partial charge in [-0.15, -0.1) is 0 Å². The Morgan fingerprint density at radius 1 is 1.26 bits per heavy atom. The van der Waals surface area contributed by atoms with Crippen molar-refractivity contribution in [2.75, 3.05) is 19.7 Å². The highest BCUT2D eigenvalue weighted by molar-refractivity contribution is 9.10. The molecule has 4 nitrogen and oxygen atoms in total. The molecule has 5 heteroatoms. The highest BCUT2D eigenvalue weighted by Gasteiger charge is 2.30. The Labute approximate surface area is 146 Å². The number of likely N-dealkylation sites (tertiary alicyclic amines) is 1. The van der Waals surface area contributed by atoms with E-state index in [-0.39, 0.29) is 17.8 Å². The van der Waals surface area contributed by atoms with E-state index in [0.29, 0.717) is 25.3 Å². The molecular formula is C18H24BrNO3. The lowest BCUT2D eigenvalue weighted by molar-refractivity contribution is -0.149. The second-order valence-corrected chi connectivity index (χ2v) is 6.98. The zero-order chi connectivity index (χ0) is 17.1. The number of halogens is 1. The Morgan fingerprint density at radius 2 is 1.96 bits per heavy atom. The monoisotopic (exact) mass is 381 g/mol. The second-order valence-electron chi connectivity index (χ2n) is 6.12. The zero-order valence-electron chi connectivity index (χ0n) is 14.2. The number of nitrogens with zero attached hydrogens (tertiary/aromatic N) is 1. The number of hydrogen-bond acceptors (Lipinski definition) is 3. The molecule has 2 rings (SSSR count). The molecule has 1 atom stereocenters. The summed E-state index contributed by atoms with van der Waals surface area (Å²) in [7, 11) is 0. The molecule has 1 aliphatic rings. The minimum absolute atomic E-state index is 0.000276. The molecule has 1 heterocycles. The van der Waals surface area contributed by atoms with E-state index in [1.54, 1.807) is 11.8 Å². The van der Waals surface area contributed by atoms with E-state index in [9.17, 15) is 9.59 Å². The molecule has 1 saturated heterocycles. The van der Waals surface area contributed by atoms with Crippen molar-refractivity contribution in [1.82, 2.24) is 4.90 Å². The van der Waals surface area contributed by atoms with Crippen LogP contribution in [0.25, 0.3) is 0 Å². The number of amides is 1. The molecule has 126 valence electrons. The van der Waals surface area contributed by atoms with E-state index in [2.05, 4.69) is 15.9 Å². The summed E-state index contributed by atoms with van der Waals surface area (Å²) in [5.41, 5.74) is 4.00. The lowest BCUT2D eigenvalue weighted by atomic mass is 9.95. The quantitative estimate of drug-likeness (QED) is 0.748. The van der Waals surface area contributed by atoms with Crippen LogP contribution in [0.1, 0.15) is 46.8 Å². The number of piperidine rings is 1. The fourth-order valence-corrected chi connectivity index (χ4v) is 3.54. The Hall–Kier alpha value is -1.36. The Balaban J connectivity index is 2.22. The van der Waals surface area contributed by atoms with Crippen LogP contribution in [0.15, 0.2) is 10.5 Å². The first kappa shape index (κ1) is 18.0. The smallest absolute Gasteiger partial charge is 0.310 e. The van der Waals surface area contributed by atoms with Gasteiger partial charge in [-0.25, -0.2) is 0 Å². The molecule has 23 heavy (non-hydrogen) atoms. The van der Waals surface area contributed by atoms with E-state index < -0.39 is 0 Å². The summed E-state index contributed by atoms with van der Waals surface area (Å²) in [6, 6.07) is 1.90. The lowest BCUT2D eigenvalue weighted by Gasteiger charge is -2.32. The van der Waals surface area contributed by atoms with Crippen LogP contribution in [0.4, 0.5) is 0 Å². The third-order valence-corrected chi connectivity index (χ3v) is 5.54. The molecule has 0 N–H and O–H groups in total. The van der Waals surface area contributed by atoms with Crippen LogP contribution in [-0.4, -0.2) is 36.5 Å². The van der Waals surface area contributed by atoms with Crippen LogP contribution >= 0.6 is 15.9 Å². The van der Waals surface area contributed by atoms with Gasteiger partial charge in [0.1, 0.15) is 0 Å². The summed E-state index contributed by atoms with van der Waals surface area (Å²) in [4.78, 5) is 26.7. The van der Waals surface area contributed by atoms with Gasteiger partial charge in [0.05, 0.1) is 12.5 Å². The maximum absolute atomic E-state index is 12.9. The highest BCUT2D eigenvalue weighted by Crippen LogP contribution is 2.28. The average Bonchev–Trinajstić information content (AvgIpc) is 2.56. The van der Waals surface area contributed by atoms with Gasteiger partial charge in [0.25, 0.3) is 5.91 Å². The van der Waals surface area contributed by atoms with Crippen molar-refractivity contribution in [2.45, 2.75) is 40.5 Å². The van der Waals surface area contributed by atoms with Gasteiger partial charge in [0, 0.05) is 23.1 Å². The van der Waals surface area contributed by atoms with E-state index in [1.165, 1.54) is 0 Å². The van der Waals surface area contributed by atoms with Gasteiger partial charge < -0.3 is 9.64 Å². The Bertz CT molecular complexity index is 627. The van der Waals surface area contributed by atoms with Gasteiger partial charge in [-0.2, -0.15) is 0 Å². The predicted octanol–water partition coefficient (Wildman–Crippen LogP) is 3.79. The van der Waals surface area contributed by atoms with Gasteiger partial charge in [0.2, 0.25) is 0 Å². The Morgan fingerprint density at radius 3 is 2.61 bits per heavy atom. The highest BCUT2D eigenvalue weighted by atomic mass is 79.9. The average molecular weight is 382 g/mol. The van der Waals surface area contributed by atoms with Crippen LogP contribution in [0.2, 0.25) is 0 Å². The van der Waals surface area contributed by atoms with E-state index in [0.717, 1.165) is 34.0 Å².